The monoisotopic (exact) mass is 371 g/mol. The Bertz CT molecular complexity index is 1060. The van der Waals surface area contributed by atoms with E-state index in [0.717, 1.165) is 10.5 Å². The predicted molar refractivity (Wildman–Crippen MR) is 104 cm³/mol. The first kappa shape index (κ1) is 17.6. The maximum absolute atomic E-state index is 12.8. The summed E-state index contributed by atoms with van der Waals surface area (Å²) >= 11 is 0. The summed E-state index contributed by atoms with van der Waals surface area (Å²) in [6.45, 7) is 0.448. The first-order valence-corrected chi connectivity index (χ1v) is 8.79. The number of nitrogens with zero attached hydrogens (tertiary/aromatic N) is 3. The van der Waals surface area contributed by atoms with Gasteiger partial charge in [0.15, 0.2) is 0 Å². The maximum Gasteiger partial charge on any atom is 0.267 e. The second-order valence-electron chi connectivity index (χ2n) is 6.54. The van der Waals surface area contributed by atoms with Crippen molar-refractivity contribution in [2.45, 2.75) is 6.54 Å². The molecule has 0 radical (unpaired) electrons. The van der Waals surface area contributed by atoms with Crippen molar-refractivity contribution in [1.29, 1.82) is 0 Å². The van der Waals surface area contributed by atoms with Crippen molar-refractivity contribution in [3.8, 4) is 0 Å². The number of carbonyl (C=O) groups excluding carboxylic acids is 3. The van der Waals surface area contributed by atoms with Crippen molar-refractivity contribution in [1.82, 2.24) is 9.88 Å². The summed E-state index contributed by atoms with van der Waals surface area (Å²) in [5.74, 6) is -0.861. The van der Waals surface area contributed by atoms with Gasteiger partial charge < -0.3 is 4.90 Å². The minimum atomic E-state index is -0.473. The van der Waals surface area contributed by atoms with Crippen molar-refractivity contribution in [2.75, 3.05) is 11.9 Å². The van der Waals surface area contributed by atoms with Crippen LogP contribution in [0.4, 0.5) is 5.82 Å². The van der Waals surface area contributed by atoms with Gasteiger partial charge in [-0.05, 0) is 35.9 Å². The van der Waals surface area contributed by atoms with E-state index < -0.39 is 11.8 Å². The Morgan fingerprint density at radius 3 is 2.36 bits per heavy atom. The third kappa shape index (κ3) is 3.05. The van der Waals surface area contributed by atoms with E-state index >= 15 is 0 Å². The number of amides is 3. The first-order chi connectivity index (χ1) is 13.6. The highest BCUT2D eigenvalue weighted by Crippen LogP contribution is 2.28. The molecule has 0 N–H and O–H groups in total. The summed E-state index contributed by atoms with van der Waals surface area (Å²) in [5, 5.41) is 0. The first-order valence-electron chi connectivity index (χ1n) is 8.79. The van der Waals surface area contributed by atoms with E-state index in [1.807, 2.05) is 30.3 Å². The van der Waals surface area contributed by atoms with Crippen molar-refractivity contribution in [3.63, 3.8) is 0 Å². The average Bonchev–Trinajstić information content (AvgIpc) is 2.98. The van der Waals surface area contributed by atoms with Crippen LogP contribution in [-0.2, 0) is 6.54 Å². The van der Waals surface area contributed by atoms with Gasteiger partial charge in [0.25, 0.3) is 17.7 Å². The summed E-state index contributed by atoms with van der Waals surface area (Å²) < 4.78 is 0. The van der Waals surface area contributed by atoms with E-state index in [1.165, 1.54) is 18.3 Å². The molecule has 28 heavy (non-hydrogen) atoms. The van der Waals surface area contributed by atoms with Crippen LogP contribution in [0, 0.1) is 0 Å². The molecule has 1 aliphatic heterocycles. The molecule has 2 heterocycles. The highest BCUT2D eigenvalue weighted by atomic mass is 16.2. The third-order valence-electron chi connectivity index (χ3n) is 4.62. The number of imide groups is 1. The Hall–Kier alpha value is -3.80. The van der Waals surface area contributed by atoms with Crippen molar-refractivity contribution >= 4 is 23.5 Å². The number of rotatable bonds is 4. The van der Waals surface area contributed by atoms with Gasteiger partial charge in [0.05, 0.1) is 11.1 Å². The second kappa shape index (κ2) is 7.08. The van der Waals surface area contributed by atoms with Crippen LogP contribution in [0.15, 0.2) is 72.9 Å². The lowest BCUT2D eigenvalue weighted by molar-refractivity contribution is 0.0784. The molecule has 1 aromatic heterocycles. The van der Waals surface area contributed by atoms with E-state index in [-0.39, 0.29) is 22.9 Å². The minimum absolute atomic E-state index is 0.217. The number of benzene rings is 2. The normalized spacial score (nSPS) is 12.8. The van der Waals surface area contributed by atoms with E-state index in [0.29, 0.717) is 12.1 Å². The summed E-state index contributed by atoms with van der Waals surface area (Å²) in [7, 11) is 1.70. The van der Waals surface area contributed by atoms with Gasteiger partial charge in [-0.1, -0.05) is 36.4 Å². The molecular weight excluding hydrogens is 354 g/mol. The standard InChI is InChI=1S/C22H17N3O3/c1-24(14-15-7-3-2-4-8-15)20(26)16-10-11-17-18(13-16)22(28)25(21(17)27)19-9-5-6-12-23-19/h2-13H,14H2,1H3. The number of fused-ring (bicyclic) bond motifs is 1. The Kier molecular flexibility index (Phi) is 4.45. The minimum Gasteiger partial charge on any atom is -0.337 e. The quantitative estimate of drug-likeness (QED) is 0.661. The Morgan fingerprint density at radius 1 is 0.929 bits per heavy atom. The van der Waals surface area contributed by atoms with Gasteiger partial charge in [0.2, 0.25) is 0 Å². The highest BCUT2D eigenvalue weighted by molar-refractivity contribution is 6.34. The smallest absolute Gasteiger partial charge is 0.267 e. The highest BCUT2D eigenvalue weighted by Gasteiger charge is 2.37. The molecule has 138 valence electrons. The Labute approximate surface area is 162 Å². The topological polar surface area (TPSA) is 70.6 Å². The van der Waals surface area contributed by atoms with Crippen LogP contribution >= 0.6 is 0 Å². The van der Waals surface area contributed by atoms with Crippen LogP contribution in [0.5, 0.6) is 0 Å². The molecule has 1 aliphatic rings. The van der Waals surface area contributed by atoms with Crippen LogP contribution in [0.3, 0.4) is 0 Å². The second-order valence-corrected chi connectivity index (χ2v) is 6.54. The number of pyridine rings is 1. The SMILES string of the molecule is CN(Cc1ccccc1)C(=O)c1ccc2c(c1)C(=O)N(c1ccccn1)C2=O. The van der Waals surface area contributed by atoms with Gasteiger partial charge in [-0.25, -0.2) is 9.88 Å². The van der Waals surface area contributed by atoms with Crippen LogP contribution in [0.25, 0.3) is 0 Å². The lowest BCUT2D eigenvalue weighted by atomic mass is 10.0. The van der Waals surface area contributed by atoms with Gasteiger partial charge in [0, 0.05) is 25.4 Å². The average molecular weight is 371 g/mol. The van der Waals surface area contributed by atoms with E-state index in [2.05, 4.69) is 4.98 Å². The summed E-state index contributed by atoms with van der Waals surface area (Å²) in [5.41, 5.74) is 1.86. The number of carbonyl (C=O) groups is 3. The van der Waals surface area contributed by atoms with Gasteiger partial charge in [0.1, 0.15) is 5.82 Å². The molecule has 0 unspecified atom stereocenters. The zero-order valence-corrected chi connectivity index (χ0v) is 15.2. The Balaban J connectivity index is 1.60. The lowest BCUT2D eigenvalue weighted by Gasteiger charge is -2.17. The van der Waals surface area contributed by atoms with Crippen LogP contribution in [0.1, 0.15) is 36.6 Å². The molecule has 0 spiro atoms. The van der Waals surface area contributed by atoms with Crippen LogP contribution in [-0.4, -0.2) is 34.7 Å². The van der Waals surface area contributed by atoms with Gasteiger partial charge in [-0.2, -0.15) is 0 Å². The lowest BCUT2D eigenvalue weighted by Crippen LogP contribution is -2.30. The summed E-state index contributed by atoms with van der Waals surface area (Å²) in [4.78, 5) is 44.9. The fraction of sp³-hybridized carbons (Fsp3) is 0.0909. The fourth-order valence-electron chi connectivity index (χ4n) is 3.22. The van der Waals surface area contributed by atoms with E-state index in [9.17, 15) is 14.4 Å². The molecule has 2 aromatic carbocycles. The molecule has 4 rings (SSSR count). The van der Waals surface area contributed by atoms with Crippen LogP contribution in [0.2, 0.25) is 0 Å². The largest absolute Gasteiger partial charge is 0.337 e. The molecule has 6 heteroatoms. The fourth-order valence-corrected chi connectivity index (χ4v) is 3.22. The Morgan fingerprint density at radius 2 is 1.64 bits per heavy atom. The molecule has 3 aromatic rings. The predicted octanol–water partition coefficient (Wildman–Crippen LogP) is 3.15. The maximum atomic E-state index is 12.8. The molecule has 0 aliphatic carbocycles. The zero-order valence-electron chi connectivity index (χ0n) is 15.2. The third-order valence-corrected chi connectivity index (χ3v) is 4.62. The van der Waals surface area contributed by atoms with E-state index in [1.54, 1.807) is 36.2 Å². The number of anilines is 1. The van der Waals surface area contributed by atoms with Crippen LogP contribution < -0.4 is 4.90 Å². The molecule has 0 atom stereocenters. The molecule has 3 amide bonds. The molecule has 6 nitrogen and oxygen atoms in total. The van der Waals surface area contributed by atoms with Crippen molar-refractivity contribution in [2.24, 2.45) is 0 Å². The number of aromatic nitrogens is 1. The summed E-state index contributed by atoms with van der Waals surface area (Å²) in [6.07, 6.45) is 1.52. The summed E-state index contributed by atoms with van der Waals surface area (Å²) in [6, 6.07) is 19.3. The number of hydrogen-bond donors (Lipinski definition) is 0. The van der Waals surface area contributed by atoms with Crippen molar-refractivity contribution in [3.05, 3.63) is 95.2 Å². The van der Waals surface area contributed by atoms with Gasteiger partial charge in [-0.3, -0.25) is 14.4 Å². The molecule has 0 fully saturated rings. The number of hydrogen-bond acceptors (Lipinski definition) is 4. The van der Waals surface area contributed by atoms with Gasteiger partial charge >= 0.3 is 0 Å². The molecule has 0 saturated carbocycles. The van der Waals surface area contributed by atoms with Gasteiger partial charge in [-0.15, -0.1) is 0 Å². The molecule has 0 bridgehead atoms. The van der Waals surface area contributed by atoms with E-state index in [4.69, 9.17) is 0 Å². The molecule has 0 saturated heterocycles. The zero-order chi connectivity index (χ0) is 19.7. The van der Waals surface area contributed by atoms with Crippen molar-refractivity contribution < 1.29 is 14.4 Å². The molecular formula is C22H17N3O3.